The van der Waals surface area contributed by atoms with Crippen molar-refractivity contribution in [2.45, 2.75) is 45.8 Å². The third-order valence-electron chi connectivity index (χ3n) is 3.93. The zero-order valence-corrected chi connectivity index (χ0v) is 13.6. The van der Waals surface area contributed by atoms with Crippen molar-refractivity contribution in [3.63, 3.8) is 0 Å². The first-order chi connectivity index (χ1) is 9.65. The standard InChI is InChI=1S/C17H30N2O/c1-6-18-17(16-11-9-8-10-12-16)15(4)19(7-2)14(3)13-20-5/h8-12,14-15,17-18H,6-7,13H2,1-5H3. The summed E-state index contributed by atoms with van der Waals surface area (Å²) in [5.74, 6) is 0. The smallest absolute Gasteiger partial charge is 0.0615 e. The maximum atomic E-state index is 5.32. The van der Waals surface area contributed by atoms with Gasteiger partial charge in [0.05, 0.1) is 6.61 Å². The van der Waals surface area contributed by atoms with Crippen LogP contribution in [-0.2, 0) is 4.74 Å². The maximum Gasteiger partial charge on any atom is 0.0615 e. The molecule has 20 heavy (non-hydrogen) atoms. The third kappa shape index (κ3) is 4.58. The first-order valence-electron chi connectivity index (χ1n) is 7.68. The molecule has 0 bridgehead atoms. The summed E-state index contributed by atoms with van der Waals surface area (Å²) in [4.78, 5) is 2.50. The van der Waals surface area contributed by atoms with Crippen LogP contribution in [0.5, 0.6) is 0 Å². The lowest BCUT2D eigenvalue weighted by Gasteiger charge is -2.38. The molecule has 0 fully saturated rings. The van der Waals surface area contributed by atoms with Crippen LogP contribution in [0.3, 0.4) is 0 Å². The van der Waals surface area contributed by atoms with E-state index in [9.17, 15) is 0 Å². The molecule has 1 rings (SSSR count). The average molecular weight is 278 g/mol. The summed E-state index contributed by atoms with van der Waals surface area (Å²) in [6.07, 6.45) is 0. The number of hydrogen-bond donors (Lipinski definition) is 1. The van der Waals surface area contributed by atoms with Gasteiger partial charge in [-0.05, 0) is 32.5 Å². The summed E-state index contributed by atoms with van der Waals surface area (Å²) in [6, 6.07) is 11.9. The van der Waals surface area contributed by atoms with Crippen molar-refractivity contribution in [2.24, 2.45) is 0 Å². The van der Waals surface area contributed by atoms with Crippen LogP contribution in [0, 0.1) is 0 Å². The summed E-state index contributed by atoms with van der Waals surface area (Å²) in [7, 11) is 1.77. The molecule has 0 aliphatic rings. The molecule has 3 heteroatoms. The second-order valence-corrected chi connectivity index (χ2v) is 5.32. The summed E-state index contributed by atoms with van der Waals surface area (Å²) in [5.41, 5.74) is 1.35. The lowest BCUT2D eigenvalue weighted by Crippen LogP contribution is -2.48. The van der Waals surface area contributed by atoms with Crippen LogP contribution in [0.15, 0.2) is 30.3 Å². The fourth-order valence-electron chi connectivity index (χ4n) is 2.98. The Bertz CT molecular complexity index is 355. The zero-order chi connectivity index (χ0) is 15.0. The molecule has 0 heterocycles. The Kier molecular flexibility index (Phi) is 7.82. The third-order valence-corrected chi connectivity index (χ3v) is 3.93. The Morgan fingerprint density at radius 1 is 1.15 bits per heavy atom. The van der Waals surface area contributed by atoms with Crippen molar-refractivity contribution in [2.75, 3.05) is 26.8 Å². The zero-order valence-electron chi connectivity index (χ0n) is 13.6. The number of hydrogen-bond acceptors (Lipinski definition) is 3. The van der Waals surface area contributed by atoms with Crippen molar-refractivity contribution >= 4 is 0 Å². The van der Waals surface area contributed by atoms with E-state index in [-0.39, 0.29) is 0 Å². The van der Waals surface area contributed by atoms with Crippen molar-refractivity contribution in [3.8, 4) is 0 Å². The highest BCUT2D eigenvalue weighted by molar-refractivity contribution is 5.20. The SMILES string of the molecule is CCNC(c1ccccc1)C(C)N(CC)C(C)COC. The fourth-order valence-corrected chi connectivity index (χ4v) is 2.98. The number of likely N-dealkylation sites (N-methyl/N-ethyl adjacent to an activating group) is 2. The van der Waals surface area contributed by atoms with Crippen LogP contribution in [0.4, 0.5) is 0 Å². The Hall–Kier alpha value is -0.900. The van der Waals surface area contributed by atoms with Crippen molar-refractivity contribution < 1.29 is 4.74 Å². The van der Waals surface area contributed by atoms with E-state index < -0.39 is 0 Å². The van der Waals surface area contributed by atoms with Gasteiger partial charge in [-0.15, -0.1) is 0 Å². The van der Waals surface area contributed by atoms with Gasteiger partial charge in [0.2, 0.25) is 0 Å². The molecule has 114 valence electrons. The summed E-state index contributed by atoms with van der Waals surface area (Å²) >= 11 is 0. The van der Waals surface area contributed by atoms with Gasteiger partial charge in [0, 0.05) is 25.2 Å². The molecule has 3 nitrogen and oxygen atoms in total. The van der Waals surface area contributed by atoms with Gasteiger partial charge in [-0.1, -0.05) is 44.2 Å². The van der Waals surface area contributed by atoms with E-state index in [2.05, 4.69) is 68.2 Å². The quantitative estimate of drug-likeness (QED) is 0.751. The monoisotopic (exact) mass is 278 g/mol. The molecule has 0 saturated carbocycles. The molecule has 0 radical (unpaired) electrons. The molecule has 0 saturated heterocycles. The minimum absolute atomic E-state index is 0.348. The number of nitrogens with zero attached hydrogens (tertiary/aromatic N) is 1. The highest BCUT2D eigenvalue weighted by Crippen LogP contribution is 2.22. The lowest BCUT2D eigenvalue weighted by atomic mass is 9.98. The topological polar surface area (TPSA) is 24.5 Å². The molecule has 3 atom stereocenters. The summed E-state index contributed by atoms with van der Waals surface area (Å²) < 4.78 is 5.32. The maximum absolute atomic E-state index is 5.32. The van der Waals surface area contributed by atoms with Crippen molar-refractivity contribution in [3.05, 3.63) is 35.9 Å². The molecular weight excluding hydrogens is 248 g/mol. The number of nitrogens with one attached hydrogen (secondary N) is 1. The molecule has 3 unspecified atom stereocenters. The number of ether oxygens (including phenoxy) is 1. The molecule has 1 aromatic rings. The minimum atomic E-state index is 0.348. The summed E-state index contributed by atoms with van der Waals surface area (Å²) in [5, 5.41) is 3.63. The first-order valence-corrected chi connectivity index (χ1v) is 7.68. The minimum Gasteiger partial charge on any atom is -0.383 e. The first kappa shape index (κ1) is 17.2. The average Bonchev–Trinajstić information content (AvgIpc) is 2.46. The van der Waals surface area contributed by atoms with Crippen LogP contribution >= 0.6 is 0 Å². The fraction of sp³-hybridized carbons (Fsp3) is 0.647. The molecular formula is C17H30N2O. The molecule has 0 aliphatic heterocycles. The van der Waals surface area contributed by atoms with E-state index in [1.54, 1.807) is 7.11 Å². The molecule has 0 spiro atoms. The van der Waals surface area contributed by atoms with Gasteiger partial charge < -0.3 is 10.1 Å². The van der Waals surface area contributed by atoms with E-state index in [1.807, 2.05) is 0 Å². The van der Waals surface area contributed by atoms with Gasteiger partial charge in [0.25, 0.3) is 0 Å². The number of benzene rings is 1. The van der Waals surface area contributed by atoms with Crippen LogP contribution in [0.1, 0.15) is 39.3 Å². The molecule has 1 aromatic carbocycles. The van der Waals surface area contributed by atoms with Gasteiger partial charge >= 0.3 is 0 Å². The number of rotatable bonds is 9. The van der Waals surface area contributed by atoms with Crippen LogP contribution in [0.2, 0.25) is 0 Å². The van der Waals surface area contributed by atoms with E-state index >= 15 is 0 Å². The van der Waals surface area contributed by atoms with Crippen LogP contribution < -0.4 is 5.32 Å². The Morgan fingerprint density at radius 2 is 1.80 bits per heavy atom. The van der Waals surface area contributed by atoms with E-state index in [0.717, 1.165) is 19.7 Å². The van der Waals surface area contributed by atoms with Crippen LogP contribution in [-0.4, -0.2) is 43.8 Å². The highest BCUT2D eigenvalue weighted by atomic mass is 16.5. The van der Waals surface area contributed by atoms with E-state index in [4.69, 9.17) is 4.74 Å². The lowest BCUT2D eigenvalue weighted by molar-refractivity contribution is 0.0651. The van der Waals surface area contributed by atoms with Crippen LogP contribution in [0.25, 0.3) is 0 Å². The predicted molar refractivity (Wildman–Crippen MR) is 86.0 cm³/mol. The van der Waals surface area contributed by atoms with Crippen molar-refractivity contribution in [1.29, 1.82) is 0 Å². The Morgan fingerprint density at radius 3 is 2.30 bits per heavy atom. The molecule has 0 amide bonds. The Labute approximate surface area is 124 Å². The number of methoxy groups -OCH3 is 1. The van der Waals surface area contributed by atoms with Gasteiger partial charge in [-0.25, -0.2) is 0 Å². The van der Waals surface area contributed by atoms with Gasteiger partial charge in [0.1, 0.15) is 0 Å². The Balaban J connectivity index is 2.89. The molecule has 1 N–H and O–H groups in total. The second-order valence-electron chi connectivity index (χ2n) is 5.32. The van der Waals surface area contributed by atoms with E-state index in [1.165, 1.54) is 5.56 Å². The normalized spacial score (nSPS) is 16.1. The van der Waals surface area contributed by atoms with Gasteiger partial charge in [0.15, 0.2) is 0 Å². The van der Waals surface area contributed by atoms with Gasteiger partial charge in [-0.3, -0.25) is 4.90 Å². The van der Waals surface area contributed by atoms with Crippen molar-refractivity contribution in [1.82, 2.24) is 10.2 Å². The highest BCUT2D eigenvalue weighted by Gasteiger charge is 2.26. The van der Waals surface area contributed by atoms with E-state index in [0.29, 0.717) is 18.1 Å². The summed E-state index contributed by atoms with van der Waals surface area (Å²) in [6.45, 7) is 11.7. The predicted octanol–water partition coefficient (Wildman–Crippen LogP) is 3.08. The largest absolute Gasteiger partial charge is 0.383 e. The second kappa shape index (κ2) is 9.11. The molecule has 0 aromatic heterocycles. The molecule has 0 aliphatic carbocycles. The van der Waals surface area contributed by atoms with Gasteiger partial charge in [-0.2, -0.15) is 0 Å².